The van der Waals surface area contributed by atoms with Gasteiger partial charge in [-0.25, -0.2) is 9.79 Å². The van der Waals surface area contributed by atoms with Crippen molar-refractivity contribution in [1.29, 1.82) is 0 Å². The van der Waals surface area contributed by atoms with Gasteiger partial charge in [0.05, 0.1) is 37.3 Å². The number of aryl methyl sites for hydroxylation is 3. The number of fused-ring (bicyclic) bond motifs is 3. The van der Waals surface area contributed by atoms with Gasteiger partial charge in [0.25, 0.3) is 0 Å². The second-order valence-corrected chi connectivity index (χ2v) is 10.3. The molecule has 1 aromatic heterocycles. The first-order valence-corrected chi connectivity index (χ1v) is 13.6. The molecule has 0 bridgehead atoms. The molecule has 3 amide bonds. The Hall–Kier alpha value is -4.34. The minimum atomic E-state index is -0.199. The summed E-state index contributed by atoms with van der Waals surface area (Å²) in [5, 5.41) is 9.36. The van der Waals surface area contributed by atoms with E-state index in [2.05, 4.69) is 34.6 Å². The summed E-state index contributed by atoms with van der Waals surface area (Å²) in [7, 11) is 1.63. The largest absolute Gasteiger partial charge is 0.493 e. The molecule has 2 aromatic carbocycles. The predicted molar refractivity (Wildman–Crippen MR) is 154 cm³/mol. The van der Waals surface area contributed by atoms with Crippen LogP contribution < -0.4 is 14.8 Å². The number of anilines is 1. The fourth-order valence-corrected chi connectivity index (χ4v) is 5.70. The number of hydrogen-bond acceptors (Lipinski definition) is 6. The fraction of sp³-hybridized carbons (Fsp3) is 0.400. The number of rotatable bonds is 8. The quantitative estimate of drug-likeness (QED) is 0.404. The molecular formula is C30H36N6O4. The van der Waals surface area contributed by atoms with E-state index in [1.165, 1.54) is 0 Å². The van der Waals surface area contributed by atoms with Crippen LogP contribution in [0.15, 0.2) is 41.7 Å². The average Bonchev–Trinajstić information content (AvgIpc) is 3.43. The molecule has 210 valence electrons. The smallest absolute Gasteiger partial charge is 0.325 e. The zero-order chi connectivity index (χ0) is 28.4. The number of amidine groups is 1. The normalized spacial score (nSPS) is 17.5. The number of H-pyrrole nitrogens is 1. The Morgan fingerprint density at radius 3 is 2.62 bits per heavy atom. The lowest BCUT2D eigenvalue weighted by Crippen LogP contribution is -2.55. The highest BCUT2D eigenvalue weighted by atomic mass is 16.5. The maximum atomic E-state index is 14.0. The summed E-state index contributed by atoms with van der Waals surface area (Å²) in [6.07, 6.45) is 4.51. The number of urea groups is 1. The Morgan fingerprint density at radius 2 is 1.95 bits per heavy atom. The summed E-state index contributed by atoms with van der Waals surface area (Å²) in [4.78, 5) is 35.4. The molecule has 0 saturated carbocycles. The highest BCUT2D eigenvalue weighted by Crippen LogP contribution is 2.42. The third-order valence-electron chi connectivity index (χ3n) is 7.47. The first-order chi connectivity index (χ1) is 19.3. The summed E-state index contributed by atoms with van der Waals surface area (Å²) >= 11 is 0. The van der Waals surface area contributed by atoms with Crippen LogP contribution in [-0.4, -0.2) is 64.6 Å². The number of aromatic amines is 1. The molecule has 0 aliphatic carbocycles. The van der Waals surface area contributed by atoms with Gasteiger partial charge in [-0.3, -0.25) is 14.8 Å². The van der Waals surface area contributed by atoms with Crippen molar-refractivity contribution < 1.29 is 19.1 Å². The van der Waals surface area contributed by atoms with Crippen molar-refractivity contribution in [1.82, 2.24) is 20.0 Å². The van der Waals surface area contributed by atoms with Crippen molar-refractivity contribution >= 4 is 29.1 Å². The number of methoxy groups -OCH3 is 1. The molecule has 3 heterocycles. The Bertz CT molecular complexity index is 1430. The van der Waals surface area contributed by atoms with Gasteiger partial charge in [-0.15, -0.1) is 0 Å². The first kappa shape index (κ1) is 27.2. The number of amides is 3. The average molecular weight is 545 g/mol. The van der Waals surface area contributed by atoms with Gasteiger partial charge >= 0.3 is 6.03 Å². The summed E-state index contributed by atoms with van der Waals surface area (Å²) in [5.41, 5.74) is 6.89. The third-order valence-corrected chi connectivity index (χ3v) is 7.47. The number of benzene rings is 2. The minimum Gasteiger partial charge on any atom is -0.493 e. The van der Waals surface area contributed by atoms with Crippen molar-refractivity contribution in [3.05, 3.63) is 64.5 Å². The molecule has 10 nitrogen and oxygen atoms in total. The van der Waals surface area contributed by atoms with E-state index < -0.39 is 0 Å². The van der Waals surface area contributed by atoms with Crippen molar-refractivity contribution in [2.24, 2.45) is 4.99 Å². The van der Waals surface area contributed by atoms with E-state index in [-0.39, 0.29) is 30.9 Å². The number of ether oxygens (including phenoxy) is 2. The van der Waals surface area contributed by atoms with E-state index in [1.54, 1.807) is 24.4 Å². The third kappa shape index (κ3) is 5.38. The maximum Gasteiger partial charge on any atom is 0.325 e. The van der Waals surface area contributed by atoms with Crippen LogP contribution in [0, 0.1) is 20.8 Å². The Morgan fingerprint density at radius 1 is 1.18 bits per heavy atom. The van der Waals surface area contributed by atoms with E-state index in [1.807, 2.05) is 37.8 Å². The Kier molecular flexibility index (Phi) is 7.77. The number of aliphatic imine (C=N–C) groups is 1. The van der Waals surface area contributed by atoms with Crippen LogP contribution in [0.4, 0.5) is 16.2 Å². The lowest BCUT2D eigenvalue weighted by atomic mass is 9.88. The zero-order valence-corrected chi connectivity index (χ0v) is 23.7. The van der Waals surface area contributed by atoms with E-state index in [9.17, 15) is 9.59 Å². The lowest BCUT2D eigenvalue weighted by Gasteiger charge is -2.45. The monoisotopic (exact) mass is 544 g/mol. The molecule has 1 saturated heterocycles. The molecule has 1 atom stereocenters. The zero-order valence-electron chi connectivity index (χ0n) is 23.7. The van der Waals surface area contributed by atoms with Gasteiger partial charge in [0.2, 0.25) is 5.91 Å². The fourth-order valence-electron chi connectivity index (χ4n) is 5.70. The van der Waals surface area contributed by atoms with Crippen LogP contribution in [0.2, 0.25) is 0 Å². The lowest BCUT2D eigenvalue weighted by molar-refractivity contribution is -0.116. The van der Waals surface area contributed by atoms with Crippen LogP contribution in [0.3, 0.4) is 0 Å². The predicted octanol–water partition coefficient (Wildman–Crippen LogP) is 5.23. The number of aromatic nitrogens is 2. The summed E-state index contributed by atoms with van der Waals surface area (Å²) in [5.74, 6) is 1.81. The number of nitrogens with zero attached hydrogens (tertiary/aromatic N) is 4. The Balaban J connectivity index is 1.50. The van der Waals surface area contributed by atoms with Gasteiger partial charge in [0.15, 0.2) is 11.5 Å². The van der Waals surface area contributed by atoms with Crippen molar-refractivity contribution in [3.63, 3.8) is 0 Å². The van der Waals surface area contributed by atoms with Crippen molar-refractivity contribution in [2.75, 3.05) is 32.1 Å². The molecule has 10 heteroatoms. The molecule has 3 aromatic rings. The highest BCUT2D eigenvalue weighted by molar-refractivity contribution is 6.02. The van der Waals surface area contributed by atoms with Crippen molar-refractivity contribution in [2.45, 2.75) is 53.0 Å². The van der Waals surface area contributed by atoms with Gasteiger partial charge in [-0.2, -0.15) is 5.10 Å². The number of nitrogens with one attached hydrogen (secondary N) is 2. The molecule has 0 spiro atoms. The standard InChI is InChI=1S/C30H36N6O4/c1-6-40-26-13-21-7-9-35-24(23(21)14-25(26)39-5)15-27(34-29-19(3)11-18(2)12-20(29)4)36(30(35)38)10-8-28(37)33-22-16-31-32-17-22/h11-14,16-17,24H,6-10,15H2,1-5H3,(H,31,32)(H,33,37). The molecule has 40 heavy (non-hydrogen) atoms. The second-order valence-electron chi connectivity index (χ2n) is 10.3. The van der Waals surface area contributed by atoms with Gasteiger partial charge < -0.3 is 19.7 Å². The number of hydrogen-bond donors (Lipinski definition) is 2. The van der Waals surface area contributed by atoms with Crippen LogP contribution in [0.5, 0.6) is 11.5 Å². The number of carbonyl (C=O) groups excluding carboxylic acids is 2. The molecule has 0 radical (unpaired) electrons. The molecule has 2 aliphatic heterocycles. The SMILES string of the molecule is CCOc1cc2c(cc1OC)C1CC(=Nc3c(C)cc(C)cc3C)N(CCC(=O)Nc3cn[nH]c3)C(=O)N1CC2. The molecule has 1 unspecified atom stereocenters. The molecule has 2 aliphatic rings. The summed E-state index contributed by atoms with van der Waals surface area (Å²) in [6, 6.07) is 7.90. The van der Waals surface area contributed by atoms with E-state index >= 15 is 0 Å². The molecule has 1 fully saturated rings. The minimum absolute atomic E-state index is 0.127. The molecular weight excluding hydrogens is 508 g/mol. The summed E-state index contributed by atoms with van der Waals surface area (Å²) < 4.78 is 11.5. The highest BCUT2D eigenvalue weighted by Gasteiger charge is 2.41. The second kappa shape index (κ2) is 11.4. The molecule has 2 N–H and O–H groups in total. The van der Waals surface area contributed by atoms with Crippen LogP contribution in [0.25, 0.3) is 0 Å². The van der Waals surface area contributed by atoms with E-state index in [4.69, 9.17) is 14.5 Å². The topological polar surface area (TPSA) is 112 Å². The van der Waals surface area contributed by atoms with Crippen LogP contribution in [-0.2, 0) is 11.2 Å². The first-order valence-electron chi connectivity index (χ1n) is 13.6. The molecule has 5 rings (SSSR count). The van der Waals surface area contributed by atoms with E-state index in [0.717, 1.165) is 33.5 Å². The van der Waals surface area contributed by atoms with Gasteiger partial charge in [-0.1, -0.05) is 17.7 Å². The van der Waals surface area contributed by atoms with Gasteiger partial charge in [0, 0.05) is 32.1 Å². The summed E-state index contributed by atoms with van der Waals surface area (Å²) in [6.45, 7) is 9.41. The van der Waals surface area contributed by atoms with E-state index in [0.29, 0.717) is 49.0 Å². The van der Waals surface area contributed by atoms with Crippen LogP contribution >= 0.6 is 0 Å². The van der Waals surface area contributed by atoms with Crippen molar-refractivity contribution in [3.8, 4) is 11.5 Å². The van der Waals surface area contributed by atoms with Gasteiger partial charge in [0.1, 0.15) is 5.84 Å². The van der Waals surface area contributed by atoms with Crippen LogP contribution in [0.1, 0.15) is 53.6 Å². The Labute approximate surface area is 234 Å². The maximum absolute atomic E-state index is 14.0. The van der Waals surface area contributed by atoms with Gasteiger partial charge in [-0.05, 0) is 68.5 Å². The number of carbonyl (C=O) groups is 2.